The number of amides is 1. The zero-order chi connectivity index (χ0) is 21.6. The van der Waals surface area contributed by atoms with Crippen LogP contribution in [-0.2, 0) is 9.22 Å². The Labute approximate surface area is 182 Å². The number of carbonyl (C=O) groups is 1. The van der Waals surface area contributed by atoms with Crippen molar-refractivity contribution in [2.75, 3.05) is 39.3 Å². The van der Waals surface area contributed by atoms with E-state index in [0.29, 0.717) is 19.6 Å². The highest BCUT2D eigenvalue weighted by atomic mass is 28.4. The van der Waals surface area contributed by atoms with Crippen LogP contribution in [0.4, 0.5) is 0 Å². The van der Waals surface area contributed by atoms with Crippen molar-refractivity contribution in [3.8, 4) is 12.3 Å². The minimum absolute atomic E-state index is 0.0587. The Kier molecular flexibility index (Phi) is 7.14. The normalized spacial score (nSPS) is 15.6. The molecule has 0 spiro atoms. The first-order valence-electron chi connectivity index (χ1n) is 10.6. The number of terminal acetylenes is 1. The van der Waals surface area contributed by atoms with E-state index in [4.69, 9.17) is 10.8 Å². The molecule has 5 heteroatoms. The molecule has 1 aliphatic rings. The predicted octanol–water partition coefficient (Wildman–Crippen LogP) is 2.34. The van der Waals surface area contributed by atoms with Crippen molar-refractivity contribution >= 4 is 24.6 Å². The van der Waals surface area contributed by atoms with Crippen LogP contribution in [0, 0.1) is 12.3 Å². The van der Waals surface area contributed by atoms with Crippen molar-refractivity contribution < 1.29 is 9.22 Å². The van der Waals surface area contributed by atoms with E-state index in [1.165, 1.54) is 10.4 Å². The van der Waals surface area contributed by atoms with Crippen molar-refractivity contribution in [1.29, 1.82) is 0 Å². The summed E-state index contributed by atoms with van der Waals surface area (Å²) in [6, 6.07) is 20.9. The number of nitrogens with zero attached hydrogens (tertiary/aromatic N) is 2. The van der Waals surface area contributed by atoms with Crippen molar-refractivity contribution in [3.05, 3.63) is 60.7 Å². The Balaban J connectivity index is 1.85. The second-order valence-electron chi connectivity index (χ2n) is 8.81. The third-order valence-electron chi connectivity index (χ3n) is 5.87. The highest BCUT2D eigenvalue weighted by molar-refractivity contribution is 6.99. The van der Waals surface area contributed by atoms with Crippen LogP contribution in [0.2, 0.25) is 5.04 Å². The van der Waals surface area contributed by atoms with Gasteiger partial charge in [-0.15, -0.1) is 6.42 Å². The van der Waals surface area contributed by atoms with Crippen molar-refractivity contribution in [2.45, 2.75) is 25.8 Å². The molecule has 158 valence electrons. The second kappa shape index (κ2) is 9.61. The van der Waals surface area contributed by atoms with Crippen molar-refractivity contribution in [2.24, 2.45) is 0 Å². The van der Waals surface area contributed by atoms with Gasteiger partial charge in [0, 0.05) is 26.2 Å². The topological polar surface area (TPSA) is 32.8 Å². The molecule has 2 aromatic rings. The van der Waals surface area contributed by atoms with Crippen molar-refractivity contribution in [3.63, 3.8) is 0 Å². The molecule has 0 unspecified atom stereocenters. The Morgan fingerprint density at radius 2 is 1.47 bits per heavy atom. The molecule has 1 aliphatic heterocycles. The van der Waals surface area contributed by atoms with Crippen LogP contribution in [0.1, 0.15) is 20.8 Å². The lowest BCUT2D eigenvalue weighted by Gasteiger charge is -2.43. The van der Waals surface area contributed by atoms with Crippen LogP contribution < -0.4 is 10.4 Å². The van der Waals surface area contributed by atoms with E-state index in [1.54, 1.807) is 0 Å². The van der Waals surface area contributed by atoms with Crippen LogP contribution in [0.15, 0.2) is 60.7 Å². The van der Waals surface area contributed by atoms with Crippen LogP contribution in [0.3, 0.4) is 0 Å². The first-order chi connectivity index (χ1) is 14.4. The number of benzene rings is 2. The summed E-state index contributed by atoms with van der Waals surface area (Å²) < 4.78 is 6.76. The molecular weight excluding hydrogens is 388 g/mol. The molecule has 1 fully saturated rings. The molecule has 1 amide bonds. The molecular formula is C25H32N2O2Si. The summed E-state index contributed by atoms with van der Waals surface area (Å²) in [5.41, 5.74) is 0. The highest BCUT2D eigenvalue weighted by Crippen LogP contribution is 2.36. The van der Waals surface area contributed by atoms with Gasteiger partial charge >= 0.3 is 0 Å². The molecule has 0 N–H and O–H groups in total. The molecule has 4 nitrogen and oxygen atoms in total. The molecule has 3 rings (SSSR count). The van der Waals surface area contributed by atoms with Crippen molar-refractivity contribution in [1.82, 2.24) is 9.80 Å². The van der Waals surface area contributed by atoms with E-state index in [-0.39, 0.29) is 17.6 Å². The average Bonchev–Trinajstić information content (AvgIpc) is 2.75. The van der Waals surface area contributed by atoms with Crippen LogP contribution in [0.5, 0.6) is 0 Å². The lowest BCUT2D eigenvalue weighted by molar-refractivity contribution is -0.135. The van der Waals surface area contributed by atoms with E-state index in [9.17, 15) is 4.79 Å². The summed E-state index contributed by atoms with van der Waals surface area (Å²) in [4.78, 5) is 17.2. The van der Waals surface area contributed by atoms with Gasteiger partial charge in [0.15, 0.2) is 0 Å². The summed E-state index contributed by atoms with van der Waals surface area (Å²) in [5.74, 6) is 2.74. The fourth-order valence-corrected chi connectivity index (χ4v) is 8.80. The van der Waals surface area contributed by atoms with E-state index in [2.05, 4.69) is 80.1 Å². The predicted molar refractivity (Wildman–Crippen MR) is 125 cm³/mol. The summed E-state index contributed by atoms with van der Waals surface area (Å²) in [6.45, 7) is 10.4. The zero-order valence-electron chi connectivity index (χ0n) is 18.3. The lowest BCUT2D eigenvalue weighted by atomic mass is 10.2. The maximum atomic E-state index is 13.1. The highest BCUT2D eigenvalue weighted by Gasteiger charge is 2.50. The number of rotatable bonds is 6. The fraction of sp³-hybridized carbons (Fsp3) is 0.400. The van der Waals surface area contributed by atoms with E-state index < -0.39 is 8.32 Å². The fourth-order valence-electron chi connectivity index (χ4n) is 4.31. The van der Waals surface area contributed by atoms with Gasteiger partial charge in [0.05, 0.1) is 6.54 Å². The quantitative estimate of drug-likeness (QED) is 0.531. The van der Waals surface area contributed by atoms with E-state index in [0.717, 1.165) is 13.1 Å². The van der Waals surface area contributed by atoms with Gasteiger partial charge in [-0.1, -0.05) is 87.4 Å². The monoisotopic (exact) mass is 420 g/mol. The first-order valence-corrected chi connectivity index (χ1v) is 12.5. The zero-order valence-corrected chi connectivity index (χ0v) is 19.3. The molecule has 1 saturated heterocycles. The minimum Gasteiger partial charge on any atom is -0.398 e. The summed E-state index contributed by atoms with van der Waals surface area (Å²) in [6.07, 6.45) is 5.41. The Morgan fingerprint density at radius 1 is 0.967 bits per heavy atom. The van der Waals surface area contributed by atoms with Gasteiger partial charge in [-0.25, -0.2) is 0 Å². The average molecular weight is 421 g/mol. The van der Waals surface area contributed by atoms with Crippen LogP contribution in [-0.4, -0.2) is 63.4 Å². The molecule has 0 radical (unpaired) electrons. The van der Waals surface area contributed by atoms with Crippen LogP contribution in [0.25, 0.3) is 0 Å². The largest absolute Gasteiger partial charge is 0.398 e. The van der Waals surface area contributed by atoms with Crippen LogP contribution >= 0.6 is 0 Å². The molecule has 0 aromatic heterocycles. The molecule has 2 aromatic carbocycles. The van der Waals surface area contributed by atoms with Gasteiger partial charge in [0.1, 0.15) is 6.61 Å². The summed E-state index contributed by atoms with van der Waals surface area (Å²) >= 11 is 0. The SMILES string of the molecule is C#CCN1CCN(C(=O)CO[Si](c2ccccc2)(c2ccccc2)C(C)(C)C)CC1. The smallest absolute Gasteiger partial charge is 0.261 e. The van der Waals surface area contributed by atoms with Gasteiger partial charge in [-0.3, -0.25) is 9.69 Å². The lowest BCUT2D eigenvalue weighted by Crippen LogP contribution is -2.67. The minimum atomic E-state index is -2.69. The standard InChI is InChI=1S/C25H32N2O2Si/c1-5-16-26-17-19-27(20-18-26)24(28)21-29-30(25(2,3)4,22-12-8-6-9-13-22)23-14-10-7-11-15-23/h1,6-15H,16-21H2,2-4H3. The summed E-state index contributed by atoms with van der Waals surface area (Å²) in [5, 5.41) is 2.24. The number of piperazine rings is 1. The van der Waals surface area contributed by atoms with E-state index >= 15 is 0 Å². The number of hydrogen-bond acceptors (Lipinski definition) is 3. The molecule has 1 heterocycles. The van der Waals surface area contributed by atoms with Gasteiger partial charge in [-0.05, 0) is 15.4 Å². The number of carbonyl (C=O) groups excluding carboxylic acids is 1. The second-order valence-corrected chi connectivity index (χ2v) is 13.1. The third kappa shape index (κ3) is 4.67. The Hall–Kier alpha value is -2.39. The molecule has 0 aliphatic carbocycles. The van der Waals surface area contributed by atoms with Gasteiger partial charge in [0.25, 0.3) is 8.32 Å². The summed E-state index contributed by atoms with van der Waals surface area (Å²) in [7, 11) is -2.69. The van der Waals surface area contributed by atoms with Gasteiger partial charge < -0.3 is 9.33 Å². The first kappa shape index (κ1) is 22.3. The van der Waals surface area contributed by atoms with Gasteiger partial charge in [0.2, 0.25) is 5.91 Å². The Bertz CT molecular complexity index is 824. The number of hydrogen-bond donors (Lipinski definition) is 0. The maximum absolute atomic E-state index is 13.1. The molecule has 0 atom stereocenters. The van der Waals surface area contributed by atoms with E-state index in [1.807, 2.05) is 17.0 Å². The maximum Gasteiger partial charge on any atom is 0.261 e. The Morgan fingerprint density at radius 3 is 1.90 bits per heavy atom. The van der Waals surface area contributed by atoms with Gasteiger partial charge in [-0.2, -0.15) is 0 Å². The molecule has 0 bridgehead atoms. The molecule has 30 heavy (non-hydrogen) atoms. The third-order valence-corrected chi connectivity index (χ3v) is 10.9. The molecule has 0 saturated carbocycles.